The van der Waals surface area contributed by atoms with E-state index in [9.17, 15) is 13.2 Å². The lowest BCUT2D eigenvalue weighted by Crippen LogP contribution is -2.41. The smallest absolute Gasteiger partial charge is 0.268 e. The van der Waals surface area contributed by atoms with Crippen LogP contribution in [0.1, 0.15) is 42.4 Å². The number of aromatic nitrogens is 1. The van der Waals surface area contributed by atoms with Crippen LogP contribution in [0, 0.1) is 0 Å². The summed E-state index contributed by atoms with van der Waals surface area (Å²) in [4.78, 5) is 13.5. The van der Waals surface area contributed by atoms with Crippen LogP contribution in [0.2, 0.25) is 0 Å². The van der Waals surface area contributed by atoms with Gasteiger partial charge >= 0.3 is 0 Å². The van der Waals surface area contributed by atoms with E-state index in [0.29, 0.717) is 17.8 Å². The molecule has 2 N–H and O–H groups in total. The molecule has 4 rings (SSSR count). The number of hydrogen-bond donors (Lipinski definition) is 2. The number of nitrogens with one attached hydrogen (secondary N) is 2. The maximum Gasteiger partial charge on any atom is 0.268 e. The molecule has 0 aliphatic rings. The Balaban J connectivity index is 1.62. The Morgan fingerprint density at radius 3 is 2.26 bits per heavy atom. The minimum atomic E-state index is -3.74. The van der Waals surface area contributed by atoms with Crippen molar-refractivity contribution in [2.24, 2.45) is 0 Å². The lowest BCUT2D eigenvalue weighted by molar-refractivity contribution is 0.0942. The quantitative estimate of drug-likeness (QED) is 0.407. The zero-order valence-corrected chi connectivity index (χ0v) is 20.4. The zero-order chi connectivity index (χ0) is 24.3. The molecule has 0 bridgehead atoms. The van der Waals surface area contributed by atoms with Crippen LogP contribution >= 0.6 is 0 Å². The molecule has 0 radical (unpaired) electrons. The number of benzene rings is 3. The van der Waals surface area contributed by atoms with Crippen molar-refractivity contribution >= 4 is 26.8 Å². The standard InChI is InChI=1S/C27H29N3O3S/c1-27(2,3)29-34(32,33)25-16-10-8-14-22(25)18-28-26(31)24-17-21-13-7-9-15-23(21)30(24)19-20-11-5-4-6-12-20/h4-17,29H,18-19H2,1-3H3,(H,28,31). The van der Waals surface area contributed by atoms with Gasteiger partial charge in [-0.1, -0.05) is 66.7 Å². The van der Waals surface area contributed by atoms with Crippen LogP contribution in [-0.2, 0) is 23.1 Å². The number of carbonyl (C=O) groups excluding carboxylic acids is 1. The van der Waals surface area contributed by atoms with Gasteiger partial charge in [-0.3, -0.25) is 4.79 Å². The molecule has 3 aromatic carbocycles. The number of para-hydroxylation sites is 1. The average Bonchev–Trinajstić information content (AvgIpc) is 3.15. The molecular formula is C27H29N3O3S. The summed E-state index contributed by atoms with van der Waals surface area (Å²) in [5, 5.41) is 3.90. The number of sulfonamides is 1. The second kappa shape index (κ2) is 9.44. The van der Waals surface area contributed by atoms with Gasteiger partial charge in [0.15, 0.2) is 0 Å². The molecule has 0 unspecified atom stereocenters. The van der Waals surface area contributed by atoms with Gasteiger partial charge in [0.25, 0.3) is 5.91 Å². The minimum Gasteiger partial charge on any atom is -0.347 e. The first kappa shape index (κ1) is 23.7. The van der Waals surface area contributed by atoms with E-state index in [1.54, 1.807) is 45.0 Å². The first-order valence-corrected chi connectivity index (χ1v) is 12.6. The van der Waals surface area contributed by atoms with Crippen molar-refractivity contribution in [2.75, 3.05) is 0 Å². The molecule has 176 valence electrons. The Kier molecular flexibility index (Phi) is 6.59. The molecular weight excluding hydrogens is 446 g/mol. The molecule has 0 saturated carbocycles. The van der Waals surface area contributed by atoms with Gasteiger partial charge < -0.3 is 9.88 Å². The van der Waals surface area contributed by atoms with Crippen molar-refractivity contribution < 1.29 is 13.2 Å². The lowest BCUT2D eigenvalue weighted by Gasteiger charge is -2.21. The lowest BCUT2D eigenvalue weighted by atomic mass is 10.1. The van der Waals surface area contributed by atoms with E-state index in [-0.39, 0.29) is 17.3 Å². The number of carbonyl (C=O) groups is 1. The summed E-state index contributed by atoms with van der Waals surface area (Å²) in [6.45, 7) is 6.02. The van der Waals surface area contributed by atoms with E-state index in [1.165, 1.54) is 0 Å². The molecule has 7 heteroatoms. The molecule has 34 heavy (non-hydrogen) atoms. The normalized spacial score (nSPS) is 12.1. The van der Waals surface area contributed by atoms with Gasteiger partial charge in [0.1, 0.15) is 5.69 Å². The summed E-state index contributed by atoms with van der Waals surface area (Å²) < 4.78 is 30.5. The van der Waals surface area contributed by atoms with Crippen LogP contribution in [0.15, 0.2) is 89.8 Å². The summed E-state index contributed by atoms with van der Waals surface area (Å²) in [6.07, 6.45) is 0. The molecule has 1 aromatic heterocycles. The maximum absolute atomic E-state index is 13.3. The summed E-state index contributed by atoms with van der Waals surface area (Å²) in [7, 11) is -3.74. The molecule has 0 aliphatic heterocycles. The summed E-state index contributed by atoms with van der Waals surface area (Å²) in [6, 6.07) is 26.4. The first-order valence-electron chi connectivity index (χ1n) is 11.2. The second-order valence-corrected chi connectivity index (χ2v) is 11.0. The summed E-state index contributed by atoms with van der Waals surface area (Å²) in [5.74, 6) is -0.261. The molecule has 6 nitrogen and oxygen atoms in total. The Labute approximate surface area is 200 Å². The third-order valence-electron chi connectivity index (χ3n) is 5.37. The first-order chi connectivity index (χ1) is 16.1. The highest BCUT2D eigenvalue weighted by molar-refractivity contribution is 7.89. The predicted molar refractivity (Wildman–Crippen MR) is 135 cm³/mol. The summed E-state index contributed by atoms with van der Waals surface area (Å²) >= 11 is 0. The number of rotatable bonds is 7. The van der Waals surface area contributed by atoms with Gasteiger partial charge in [0.2, 0.25) is 10.0 Å². The molecule has 1 heterocycles. The van der Waals surface area contributed by atoms with Crippen LogP contribution < -0.4 is 10.0 Å². The number of fused-ring (bicyclic) bond motifs is 1. The van der Waals surface area contributed by atoms with E-state index in [4.69, 9.17) is 0 Å². The largest absolute Gasteiger partial charge is 0.347 e. The summed E-state index contributed by atoms with van der Waals surface area (Å²) in [5.41, 5.74) is 2.49. The van der Waals surface area contributed by atoms with Crippen LogP contribution in [0.25, 0.3) is 10.9 Å². The molecule has 0 aliphatic carbocycles. The van der Waals surface area contributed by atoms with Gasteiger partial charge in [-0.2, -0.15) is 0 Å². The zero-order valence-electron chi connectivity index (χ0n) is 19.6. The van der Waals surface area contributed by atoms with Crippen LogP contribution in [0.4, 0.5) is 0 Å². The van der Waals surface area contributed by atoms with E-state index >= 15 is 0 Å². The van der Waals surface area contributed by atoms with Crippen molar-refractivity contribution in [3.05, 3.63) is 102 Å². The Bertz CT molecular complexity index is 1420. The third-order valence-corrected chi connectivity index (χ3v) is 7.23. The van der Waals surface area contributed by atoms with Gasteiger partial charge in [0.05, 0.1) is 4.90 Å². The molecule has 0 fully saturated rings. The van der Waals surface area contributed by atoms with Crippen LogP contribution in [-0.4, -0.2) is 24.4 Å². The van der Waals surface area contributed by atoms with Crippen molar-refractivity contribution in [3.8, 4) is 0 Å². The van der Waals surface area contributed by atoms with Crippen LogP contribution in [0.5, 0.6) is 0 Å². The number of nitrogens with zero attached hydrogens (tertiary/aromatic N) is 1. The monoisotopic (exact) mass is 475 g/mol. The fourth-order valence-electron chi connectivity index (χ4n) is 3.97. The molecule has 1 amide bonds. The fourth-order valence-corrected chi connectivity index (χ4v) is 5.63. The van der Waals surface area contributed by atoms with Crippen molar-refractivity contribution in [1.82, 2.24) is 14.6 Å². The molecule has 0 saturated heterocycles. The molecule has 0 atom stereocenters. The predicted octanol–water partition coefficient (Wildman–Crippen LogP) is 4.70. The van der Waals surface area contributed by atoms with Crippen molar-refractivity contribution in [3.63, 3.8) is 0 Å². The number of hydrogen-bond acceptors (Lipinski definition) is 3. The van der Waals surface area contributed by atoms with Crippen molar-refractivity contribution in [2.45, 2.75) is 44.3 Å². The number of amides is 1. The molecule has 0 spiro atoms. The third kappa shape index (κ3) is 5.38. The average molecular weight is 476 g/mol. The SMILES string of the molecule is CC(C)(C)NS(=O)(=O)c1ccccc1CNC(=O)c1cc2ccccc2n1Cc1ccccc1. The van der Waals surface area contributed by atoms with E-state index in [0.717, 1.165) is 16.5 Å². The van der Waals surface area contributed by atoms with Crippen LogP contribution in [0.3, 0.4) is 0 Å². The van der Waals surface area contributed by atoms with E-state index in [2.05, 4.69) is 10.0 Å². The topological polar surface area (TPSA) is 80.2 Å². The van der Waals surface area contributed by atoms with Gasteiger partial charge in [-0.25, -0.2) is 13.1 Å². The van der Waals surface area contributed by atoms with Gasteiger partial charge in [0, 0.05) is 29.5 Å². The Hall–Kier alpha value is -3.42. The van der Waals surface area contributed by atoms with E-state index in [1.807, 2.05) is 65.2 Å². The highest BCUT2D eigenvalue weighted by atomic mass is 32.2. The minimum absolute atomic E-state index is 0.0902. The Morgan fingerprint density at radius 2 is 1.53 bits per heavy atom. The van der Waals surface area contributed by atoms with E-state index < -0.39 is 15.6 Å². The highest BCUT2D eigenvalue weighted by Crippen LogP contribution is 2.22. The fraction of sp³-hybridized carbons (Fsp3) is 0.222. The highest BCUT2D eigenvalue weighted by Gasteiger charge is 2.24. The maximum atomic E-state index is 13.3. The van der Waals surface area contributed by atoms with Gasteiger partial charge in [-0.05, 0) is 50.1 Å². The second-order valence-electron chi connectivity index (χ2n) is 9.31. The van der Waals surface area contributed by atoms with Crippen molar-refractivity contribution in [1.29, 1.82) is 0 Å². The Morgan fingerprint density at radius 1 is 0.882 bits per heavy atom. The molecule has 4 aromatic rings. The van der Waals surface area contributed by atoms with Gasteiger partial charge in [-0.15, -0.1) is 0 Å².